The van der Waals surface area contributed by atoms with Crippen LogP contribution in [0, 0.1) is 5.82 Å². The van der Waals surface area contributed by atoms with Gasteiger partial charge in [0.15, 0.2) is 6.10 Å². The number of nitrogens with one attached hydrogen (secondary N) is 1. The van der Waals surface area contributed by atoms with Crippen LogP contribution >= 0.6 is 15.9 Å². The molecule has 0 saturated carbocycles. The summed E-state index contributed by atoms with van der Waals surface area (Å²) in [6.07, 6.45) is 0.826. The molecule has 4 rings (SSSR count). The zero-order chi connectivity index (χ0) is 23.9. The van der Waals surface area contributed by atoms with Crippen LogP contribution in [0.25, 0.3) is 10.8 Å². The van der Waals surface area contributed by atoms with Gasteiger partial charge in [-0.2, -0.15) is 5.10 Å². The highest BCUT2D eigenvalue weighted by atomic mass is 79.9. The molecule has 0 aromatic heterocycles. The Morgan fingerprint density at radius 2 is 1.76 bits per heavy atom. The zero-order valence-corrected chi connectivity index (χ0v) is 20.0. The SMILES string of the molecule is C[C@H](Oc1ccc(Br)cc1)C(=O)N/N=C\c1c(OCc2ccc(F)cc2)ccc2ccccc12. The number of amides is 1. The Balaban J connectivity index is 1.48. The van der Waals surface area contributed by atoms with E-state index in [9.17, 15) is 9.18 Å². The largest absolute Gasteiger partial charge is 0.488 e. The predicted molar refractivity (Wildman–Crippen MR) is 135 cm³/mol. The number of nitrogens with zero attached hydrogens (tertiary/aromatic N) is 1. The highest BCUT2D eigenvalue weighted by Crippen LogP contribution is 2.27. The monoisotopic (exact) mass is 520 g/mol. The van der Waals surface area contributed by atoms with E-state index in [0.717, 1.165) is 26.4 Å². The van der Waals surface area contributed by atoms with Gasteiger partial charge in [-0.25, -0.2) is 9.82 Å². The van der Waals surface area contributed by atoms with Crippen molar-refractivity contribution in [3.63, 3.8) is 0 Å². The Kier molecular flexibility index (Phi) is 7.54. The lowest BCUT2D eigenvalue weighted by atomic mass is 10.0. The second-order valence-electron chi connectivity index (χ2n) is 7.56. The number of halogens is 2. The normalized spacial score (nSPS) is 12.0. The Labute approximate surface area is 205 Å². The molecule has 0 bridgehead atoms. The Bertz CT molecular complexity index is 1310. The molecule has 4 aromatic carbocycles. The molecule has 1 amide bonds. The van der Waals surface area contributed by atoms with E-state index in [1.165, 1.54) is 12.1 Å². The zero-order valence-electron chi connectivity index (χ0n) is 18.4. The summed E-state index contributed by atoms with van der Waals surface area (Å²) >= 11 is 3.37. The molecule has 0 aliphatic rings. The van der Waals surface area contributed by atoms with Gasteiger partial charge >= 0.3 is 0 Å². The third-order valence-electron chi connectivity index (χ3n) is 5.10. The number of carbonyl (C=O) groups is 1. The first kappa shape index (κ1) is 23.4. The number of fused-ring (bicyclic) bond motifs is 1. The molecule has 0 fully saturated rings. The van der Waals surface area contributed by atoms with Crippen molar-refractivity contribution in [2.75, 3.05) is 0 Å². The maximum absolute atomic E-state index is 13.2. The number of benzene rings is 4. The van der Waals surface area contributed by atoms with Crippen LogP contribution in [0.3, 0.4) is 0 Å². The molecule has 0 radical (unpaired) electrons. The summed E-state index contributed by atoms with van der Waals surface area (Å²) in [4.78, 5) is 12.5. The summed E-state index contributed by atoms with van der Waals surface area (Å²) in [6.45, 7) is 1.92. The number of carbonyl (C=O) groups excluding carboxylic acids is 1. The van der Waals surface area contributed by atoms with E-state index < -0.39 is 6.10 Å². The molecule has 4 aromatic rings. The highest BCUT2D eigenvalue weighted by molar-refractivity contribution is 9.10. The number of rotatable bonds is 8. The van der Waals surface area contributed by atoms with Crippen molar-refractivity contribution in [2.24, 2.45) is 5.10 Å². The fourth-order valence-corrected chi connectivity index (χ4v) is 3.56. The molecule has 0 aliphatic heterocycles. The standard InChI is InChI=1S/C27H22BrFN2O3/c1-18(34-23-13-9-21(28)10-14-23)27(32)31-30-16-25-24-5-3-2-4-20(24)8-15-26(25)33-17-19-6-11-22(29)12-7-19/h2-16,18H,17H2,1H3,(H,31,32)/b30-16-/t18-/m0/s1. The van der Waals surface area contributed by atoms with Crippen LogP contribution in [-0.4, -0.2) is 18.2 Å². The molecule has 34 heavy (non-hydrogen) atoms. The molecular weight excluding hydrogens is 499 g/mol. The highest BCUT2D eigenvalue weighted by Gasteiger charge is 2.14. The second-order valence-corrected chi connectivity index (χ2v) is 8.48. The van der Waals surface area contributed by atoms with Crippen LogP contribution in [0.15, 0.2) is 94.5 Å². The lowest BCUT2D eigenvalue weighted by Gasteiger charge is -2.14. The van der Waals surface area contributed by atoms with Crippen molar-refractivity contribution in [1.29, 1.82) is 0 Å². The van der Waals surface area contributed by atoms with E-state index in [4.69, 9.17) is 9.47 Å². The van der Waals surface area contributed by atoms with Crippen LogP contribution in [0.2, 0.25) is 0 Å². The molecule has 7 heteroatoms. The summed E-state index contributed by atoms with van der Waals surface area (Å²) in [6, 6.07) is 25.0. The predicted octanol–water partition coefficient (Wildman–Crippen LogP) is 6.24. The quantitative estimate of drug-likeness (QED) is 0.221. The van der Waals surface area contributed by atoms with Gasteiger partial charge in [0.2, 0.25) is 0 Å². The summed E-state index contributed by atoms with van der Waals surface area (Å²) < 4.78 is 25.8. The first-order valence-corrected chi connectivity index (χ1v) is 11.4. The Morgan fingerprint density at radius 1 is 1.03 bits per heavy atom. The van der Waals surface area contributed by atoms with Gasteiger partial charge in [0.1, 0.15) is 23.9 Å². The van der Waals surface area contributed by atoms with Gasteiger partial charge < -0.3 is 9.47 Å². The smallest absolute Gasteiger partial charge is 0.280 e. The van der Waals surface area contributed by atoms with Crippen molar-refractivity contribution >= 4 is 38.8 Å². The molecule has 0 saturated heterocycles. The van der Waals surface area contributed by atoms with Crippen LogP contribution in [0.4, 0.5) is 4.39 Å². The third kappa shape index (κ3) is 5.99. The minimum atomic E-state index is -0.736. The lowest BCUT2D eigenvalue weighted by molar-refractivity contribution is -0.127. The minimum Gasteiger partial charge on any atom is -0.488 e. The van der Waals surface area contributed by atoms with Gasteiger partial charge in [-0.3, -0.25) is 4.79 Å². The Hall–Kier alpha value is -3.71. The molecule has 0 aliphatic carbocycles. The van der Waals surface area contributed by atoms with E-state index >= 15 is 0 Å². The van der Waals surface area contributed by atoms with Crippen LogP contribution in [0.1, 0.15) is 18.1 Å². The molecular formula is C27H22BrFN2O3. The third-order valence-corrected chi connectivity index (χ3v) is 5.63. The van der Waals surface area contributed by atoms with Crippen molar-refractivity contribution in [3.05, 3.63) is 106 Å². The van der Waals surface area contributed by atoms with Gasteiger partial charge in [0.05, 0.1) is 6.21 Å². The Morgan fingerprint density at radius 3 is 2.53 bits per heavy atom. The fourth-order valence-electron chi connectivity index (χ4n) is 3.30. The summed E-state index contributed by atoms with van der Waals surface area (Å²) in [5.41, 5.74) is 4.10. The van der Waals surface area contributed by atoms with Gasteiger partial charge in [-0.05, 0) is 65.7 Å². The minimum absolute atomic E-state index is 0.268. The number of hydrogen-bond donors (Lipinski definition) is 1. The molecule has 0 unspecified atom stereocenters. The van der Waals surface area contributed by atoms with Crippen molar-refractivity contribution in [3.8, 4) is 11.5 Å². The van der Waals surface area contributed by atoms with E-state index in [1.807, 2.05) is 48.5 Å². The summed E-state index contributed by atoms with van der Waals surface area (Å²) in [5.74, 6) is 0.505. The molecule has 1 atom stereocenters. The fraction of sp³-hybridized carbons (Fsp3) is 0.111. The molecule has 1 N–H and O–H groups in total. The van der Waals surface area contributed by atoms with Crippen molar-refractivity contribution in [2.45, 2.75) is 19.6 Å². The van der Waals surface area contributed by atoms with Gasteiger partial charge in [-0.1, -0.05) is 58.4 Å². The van der Waals surface area contributed by atoms with E-state index in [1.54, 1.807) is 37.4 Å². The average molecular weight is 521 g/mol. The summed E-state index contributed by atoms with van der Waals surface area (Å²) in [7, 11) is 0. The lowest BCUT2D eigenvalue weighted by Crippen LogP contribution is -2.33. The first-order chi connectivity index (χ1) is 16.5. The van der Waals surface area contributed by atoms with E-state index in [0.29, 0.717) is 11.5 Å². The van der Waals surface area contributed by atoms with Crippen LogP contribution < -0.4 is 14.9 Å². The molecule has 5 nitrogen and oxygen atoms in total. The van der Waals surface area contributed by atoms with Crippen molar-refractivity contribution < 1.29 is 18.7 Å². The molecule has 172 valence electrons. The maximum atomic E-state index is 13.2. The first-order valence-electron chi connectivity index (χ1n) is 10.6. The second kappa shape index (κ2) is 10.9. The molecule has 0 heterocycles. The van der Waals surface area contributed by atoms with E-state index in [2.05, 4.69) is 26.5 Å². The maximum Gasteiger partial charge on any atom is 0.280 e. The number of hydrazone groups is 1. The topological polar surface area (TPSA) is 59.9 Å². The van der Waals surface area contributed by atoms with Gasteiger partial charge in [0, 0.05) is 10.0 Å². The number of ether oxygens (including phenoxy) is 2. The molecule has 0 spiro atoms. The average Bonchev–Trinajstić information content (AvgIpc) is 2.85. The van der Waals surface area contributed by atoms with Crippen molar-refractivity contribution in [1.82, 2.24) is 5.43 Å². The van der Waals surface area contributed by atoms with Crippen LogP contribution in [0.5, 0.6) is 11.5 Å². The van der Waals surface area contributed by atoms with Gasteiger partial charge in [-0.15, -0.1) is 0 Å². The van der Waals surface area contributed by atoms with Crippen LogP contribution in [-0.2, 0) is 11.4 Å². The van der Waals surface area contributed by atoms with E-state index in [-0.39, 0.29) is 18.3 Å². The summed E-state index contributed by atoms with van der Waals surface area (Å²) in [5, 5.41) is 6.09. The van der Waals surface area contributed by atoms with Gasteiger partial charge in [0.25, 0.3) is 5.91 Å². The number of hydrogen-bond acceptors (Lipinski definition) is 4.